The van der Waals surface area contributed by atoms with Crippen molar-refractivity contribution in [2.75, 3.05) is 27.2 Å². The lowest BCUT2D eigenvalue weighted by Crippen LogP contribution is -2.32. The normalized spacial score (nSPS) is 20.2. The average molecular weight is 491 g/mol. The van der Waals surface area contributed by atoms with Crippen molar-refractivity contribution in [3.8, 4) is 11.5 Å². The van der Waals surface area contributed by atoms with E-state index in [9.17, 15) is 28.5 Å². The summed E-state index contributed by atoms with van der Waals surface area (Å²) < 4.78 is 36.3. The molecule has 0 saturated heterocycles. The number of nitrogens with zero attached hydrogens (tertiary/aromatic N) is 3. The molecule has 11 heteroatoms. The number of allylic oxidation sites excluding steroid dienone is 2. The standard InChI is InChI=1S/C24H27F2N3O6/c1-27(2)23(31)10-19(28-11-16-17(12-28)20(30)7-6-18(16)29(32)33)15-5-8-21(35-24(25)26)22(9-15)34-13-14-3-4-14/h5-6,8-9,11,14,17,19,24H,3-4,7,10,12-13H2,1-2H3. The molecule has 1 saturated carbocycles. The first-order valence-corrected chi connectivity index (χ1v) is 11.4. The van der Waals surface area contributed by atoms with Crippen molar-refractivity contribution in [2.45, 2.75) is 38.3 Å². The van der Waals surface area contributed by atoms with Gasteiger partial charge in [0.15, 0.2) is 11.5 Å². The number of rotatable bonds is 10. The topological polar surface area (TPSA) is 102 Å². The maximum atomic E-state index is 12.9. The second-order valence-electron chi connectivity index (χ2n) is 9.20. The fraction of sp³-hybridized carbons (Fsp3) is 0.500. The van der Waals surface area contributed by atoms with Crippen molar-refractivity contribution in [2.24, 2.45) is 11.8 Å². The van der Waals surface area contributed by atoms with E-state index in [1.54, 1.807) is 37.3 Å². The minimum Gasteiger partial charge on any atom is -0.489 e. The van der Waals surface area contributed by atoms with Gasteiger partial charge in [-0.1, -0.05) is 6.07 Å². The van der Waals surface area contributed by atoms with Gasteiger partial charge in [0.1, 0.15) is 5.78 Å². The van der Waals surface area contributed by atoms with Crippen LogP contribution >= 0.6 is 0 Å². The first kappa shape index (κ1) is 24.6. The van der Waals surface area contributed by atoms with Crippen molar-refractivity contribution < 1.29 is 32.8 Å². The Labute approximate surface area is 201 Å². The van der Waals surface area contributed by atoms with Crippen molar-refractivity contribution in [3.05, 3.63) is 57.4 Å². The summed E-state index contributed by atoms with van der Waals surface area (Å²) in [5, 5.41) is 11.5. The summed E-state index contributed by atoms with van der Waals surface area (Å²) in [6.07, 6.45) is 4.88. The lowest BCUT2D eigenvalue weighted by atomic mass is 9.88. The second kappa shape index (κ2) is 10.0. The third-order valence-electron chi connectivity index (χ3n) is 6.46. The maximum absolute atomic E-state index is 12.9. The number of ketones is 1. The zero-order chi connectivity index (χ0) is 25.3. The first-order chi connectivity index (χ1) is 16.6. The Morgan fingerprint density at radius 1 is 1.29 bits per heavy atom. The number of hydrogen-bond acceptors (Lipinski definition) is 7. The molecular formula is C24H27F2N3O6. The number of ether oxygens (including phenoxy) is 2. The number of Topliss-reactive ketones (excluding diaryl/α,β-unsaturated/α-hetero) is 1. The Hall–Kier alpha value is -3.50. The number of hydrogen-bond donors (Lipinski definition) is 0. The van der Waals surface area contributed by atoms with E-state index in [-0.39, 0.29) is 48.3 Å². The molecule has 0 radical (unpaired) electrons. The smallest absolute Gasteiger partial charge is 0.387 e. The van der Waals surface area contributed by atoms with Crippen LogP contribution in [0.5, 0.6) is 11.5 Å². The molecule has 1 aliphatic heterocycles. The van der Waals surface area contributed by atoms with Crippen LogP contribution in [0.25, 0.3) is 0 Å². The number of carbonyl (C=O) groups excluding carboxylic acids is 2. The third kappa shape index (κ3) is 5.60. The van der Waals surface area contributed by atoms with Gasteiger partial charge in [-0.05, 0) is 36.5 Å². The molecule has 3 aliphatic rings. The fourth-order valence-electron chi connectivity index (χ4n) is 4.31. The van der Waals surface area contributed by atoms with Crippen LogP contribution in [0.3, 0.4) is 0 Å². The minimum atomic E-state index is -3.03. The van der Waals surface area contributed by atoms with Crippen LogP contribution in [0, 0.1) is 22.0 Å². The predicted molar refractivity (Wildman–Crippen MR) is 120 cm³/mol. The molecule has 1 aromatic rings. The number of benzene rings is 1. The minimum absolute atomic E-state index is 0.00627. The second-order valence-corrected chi connectivity index (χ2v) is 9.20. The number of alkyl halides is 2. The molecule has 1 aromatic carbocycles. The van der Waals surface area contributed by atoms with Gasteiger partial charge in [0, 0.05) is 39.3 Å². The van der Waals surface area contributed by atoms with Crippen LogP contribution in [0.1, 0.15) is 37.3 Å². The van der Waals surface area contributed by atoms with Crippen LogP contribution in [0.15, 0.2) is 41.7 Å². The van der Waals surface area contributed by atoms with Gasteiger partial charge in [-0.2, -0.15) is 8.78 Å². The monoisotopic (exact) mass is 491 g/mol. The highest BCUT2D eigenvalue weighted by Gasteiger charge is 2.42. The number of nitro groups is 1. The highest BCUT2D eigenvalue weighted by Crippen LogP contribution is 2.41. The van der Waals surface area contributed by atoms with E-state index in [1.807, 2.05) is 0 Å². The Balaban J connectivity index is 1.69. The molecule has 1 fully saturated rings. The molecular weight excluding hydrogens is 464 g/mol. The summed E-state index contributed by atoms with van der Waals surface area (Å²) in [7, 11) is 3.23. The Kier molecular flexibility index (Phi) is 7.04. The summed E-state index contributed by atoms with van der Waals surface area (Å²) in [4.78, 5) is 39.4. The van der Waals surface area contributed by atoms with E-state index < -0.39 is 23.5 Å². The number of halogens is 2. The number of carbonyl (C=O) groups is 2. The highest BCUT2D eigenvalue weighted by molar-refractivity contribution is 5.88. The van der Waals surface area contributed by atoms with Crippen molar-refractivity contribution in [3.63, 3.8) is 0 Å². The van der Waals surface area contributed by atoms with Crippen LogP contribution in [0.4, 0.5) is 8.78 Å². The van der Waals surface area contributed by atoms with Gasteiger partial charge in [0.05, 0.1) is 35.5 Å². The lowest BCUT2D eigenvalue weighted by Gasteiger charge is -2.30. The van der Waals surface area contributed by atoms with Crippen LogP contribution in [-0.2, 0) is 9.59 Å². The largest absolute Gasteiger partial charge is 0.489 e. The summed E-state index contributed by atoms with van der Waals surface area (Å²) in [6, 6.07) is 3.91. The summed E-state index contributed by atoms with van der Waals surface area (Å²) in [5.41, 5.74) is 0.794. The average Bonchev–Trinajstić information content (AvgIpc) is 3.52. The van der Waals surface area contributed by atoms with Crippen LogP contribution in [-0.4, -0.2) is 60.3 Å². The molecule has 2 atom stereocenters. The zero-order valence-corrected chi connectivity index (χ0v) is 19.5. The van der Waals surface area contributed by atoms with E-state index in [0.717, 1.165) is 12.8 Å². The van der Waals surface area contributed by atoms with E-state index in [2.05, 4.69) is 4.74 Å². The Morgan fingerprint density at radius 2 is 2.03 bits per heavy atom. The molecule has 1 amide bonds. The fourth-order valence-corrected chi connectivity index (χ4v) is 4.31. The van der Waals surface area contributed by atoms with Gasteiger partial charge in [-0.15, -0.1) is 0 Å². The van der Waals surface area contributed by atoms with Crippen LogP contribution in [0.2, 0.25) is 0 Å². The van der Waals surface area contributed by atoms with Crippen LogP contribution < -0.4 is 9.47 Å². The Morgan fingerprint density at radius 3 is 2.66 bits per heavy atom. The quantitative estimate of drug-likeness (QED) is 0.364. The summed E-state index contributed by atoms with van der Waals surface area (Å²) >= 11 is 0. The SMILES string of the molecule is CN(C)C(=O)CC(c1ccc(OC(F)F)c(OCC2CC2)c1)N1C=C2C([N+](=O)[O-])=CCC(=O)C2C1. The molecule has 188 valence electrons. The maximum Gasteiger partial charge on any atom is 0.387 e. The van der Waals surface area contributed by atoms with Crippen molar-refractivity contribution in [1.29, 1.82) is 0 Å². The van der Waals surface area contributed by atoms with E-state index in [0.29, 0.717) is 23.7 Å². The van der Waals surface area contributed by atoms with Gasteiger partial charge in [-0.25, -0.2) is 0 Å². The number of fused-ring (bicyclic) bond motifs is 1. The first-order valence-electron chi connectivity index (χ1n) is 11.4. The molecule has 0 N–H and O–H groups in total. The molecule has 1 heterocycles. The molecule has 0 aromatic heterocycles. The lowest BCUT2D eigenvalue weighted by molar-refractivity contribution is -0.421. The molecule has 2 unspecified atom stereocenters. The van der Waals surface area contributed by atoms with Gasteiger partial charge in [-0.3, -0.25) is 19.7 Å². The van der Waals surface area contributed by atoms with Crippen molar-refractivity contribution >= 4 is 11.7 Å². The molecule has 4 rings (SSSR count). The predicted octanol–water partition coefficient (Wildman–Crippen LogP) is 3.55. The van der Waals surface area contributed by atoms with Crippen molar-refractivity contribution in [1.82, 2.24) is 9.80 Å². The zero-order valence-electron chi connectivity index (χ0n) is 19.5. The third-order valence-corrected chi connectivity index (χ3v) is 6.46. The summed E-state index contributed by atoms with van der Waals surface area (Å²) in [5.74, 6) is -0.588. The van der Waals surface area contributed by atoms with E-state index in [1.165, 1.54) is 17.0 Å². The van der Waals surface area contributed by atoms with Gasteiger partial charge in [0.25, 0.3) is 5.70 Å². The number of amides is 1. The Bertz CT molecular complexity index is 1080. The molecule has 0 spiro atoms. The molecule has 2 aliphatic carbocycles. The van der Waals surface area contributed by atoms with E-state index in [4.69, 9.17) is 4.74 Å². The van der Waals surface area contributed by atoms with Gasteiger partial charge >= 0.3 is 6.61 Å². The highest BCUT2D eigenvalue weighted by atomic mass is 19.3. The summed E-state index contributed by atoms with van der Waals surface area (Å²) in [6.45, 7) is -2.48. The van der Waals surface area contributed by atoms with Gasteiger partial charge < -0.3 is 19.3 Å². The molecule has 9 nitrogen and oxygen atoms in total. The molecule has 0 bridgehead atoms. The van der Waals surface area contributed by atoms with E-state index >= 15 is 0 Å². The molecule has 35 heavy (non-hydrogen) atoms. The van der Waals surface area contributed by atoms with Gasteiger partial charge in [0.2, 0.25) is 5.91 Å².